The van der Waals surface area contributed by atoms with E-state index in [9.17, 15) is 9.90 Å². The highest BCUT2D eigenvalue weighted by molar-refractivity contribution is 5.80. The highest BCUT2D eigenvalue weighted by Crippen LogP contribution is 2.17. The molecule has 28 heavy (non-hydrogen) atoms. The van der Waals surface area contributed by atoms with Gasteiger partial charge in [0.2, 0.25) is 5.91 Å². The fraction of sp³-hybridized carbons (Fsp3) is 0.636. The van der Waals surface area contributed by atoms with E-state index in [1.165, 1.54) is 0 Å². The molecule has 0 unspecified atom stereocenters. The molecule has 0 aromatic heterocycles. The summed E-state index contributed by atoms with van der Waals surface area (Å²) in [6.07, 6.45) is 4.52. The Balaban J connectivity index is 1.83. The summed E-state index contributed by atoms with van der Waals surface area (Å²) in [5.74, 6) is 1.60. The first-order valence-electron chi connectivity index (χ1n) is 10.7. The van der Waals surface area contributed by atoms with Gasteiger partial charge in [-0.15, -0.1) is 0 Å². The molecule has 0 atom stereocenters. The second-order valence-corrected chi connectivity index (χ2v) is 7.44. The van der Waals surface area contributed by atoms with Gasteiger partial charge in [-0.3, -0.25) is 9.79 Å². The van der Waals surface area contributed by atoms with E-state index < -0.39 is 0 Å². The van der Waals surface area contributed by atoms with Crippen molar-refractivity contribution >= 4 is 11.9 Å². The Labute approximate surface area is 169 Å². The lowest BCUT2D eigenvalue weighted by Crippen LogP contribution is -2.50. The minimum atomic E-state index is 0.167. The van der Waals surface area contributed by atoms with Crippen molar-refractivity contribution in [2.45, 2.75) is 58.9 Å². The van der Waals surface area contributed by atoms with Gasteiger partial charge in [-0.1, -0.05) is 26.0 Å². The summed E-state index contributed by atoms with van der Waals surface area (Å²) in [5.41, 5.74) is 1.08. The molecule has 1 aliphatic rings. The number of hydrogen-bond donors (Lipinski definition) is 3. The van der Waals surface area contributed by atoms with Gasteiger partial charge >= 0.3 is 0 Å². The van der Waals surface area contributed by atoms with Crippen LogP contribution < -0.4 is 10.6 Å². The number of nitrogens with one attached hydrogen (secondary N) is 2. The number of nitrogens with zero attached hydrogens (tertiary/aromatic N) is 2. The molecular weight excluding hydrogens is 352 g/mol. The number of rotatable bonds is 8. The van der Waals surface area contributed by atoms with Crippen LogP contribution in [0, 0.1) is 5.92 Å². The van der Waals surface area contributed by atoms with Gasteiger partial charge in [-0.2, -0.15) is 0 Å². The first-order valence-corrected chi connectivity index (χ1v) is 10.7. The van der Waals surface area contributed by atoms with Crippen LogP contribution >= 0.6 is 0 Å². The lowest BCUT2D eigenvalue weighted by atomic mass is 9.98. The van der Waals surface area contributed by atoms with Crippen LogP contribution in [0.1, 0.15) is 52.0 Å². The zero-order valence-electron chi connectivity index (χ0n) is 17.6. The van der Waals surface area contributed by atoms with Gasteiger partial charge in [-0.05, 0) is 56.7 Å². The van der Waals surface area contributed by atoms with E-state index in [1.807, 2.05) is 17.0 Å². The Morgan fingerprint density at radius 3 is 2.57 bits per heavy atom. The summed E-state index contributed by atoms with van der Waals surface area (Å²) in [6.45, 7) is 9.34. The maximum atomic E-state index is 12.5. The number of phenolic OH excluding ortho intramolecular Hbond substituents is 1. The molecule has 1 aromatic rings. The van der Waals surface area contributed by atoms with Gasteiger partial charge in [-0.25, -0.2) is 0 Å². The number of hydrogen-bond acceptors (Lipinski definition) is 3. The Hall–Kier alpha value is -2.24. The molecular formula is C22H36N4O2. The summed E-state index contributed by atoms with van der Waals surface area (Å²) in [7, 11) is 0. The zero-order valence-corrected chi connectivity index (χ0v) is 17.6. The van der Waals surface area contributed by atoms with Crippen molar-refractivity contribution in [1.82, 2.24) is 15.5 Å². The summed E-state index contributed by atoms with van der Waals surface area (Å²) < 4.78 is 0. The number of guanidine groups is 1. The van der Waals surface area contributed by atoms with Crippen molar-refractivity contribution < 1.29 is 9.90 Å². The zero-order chi connectivity index (χ0) is 20.4. The Morgan fingerprint density at radius 2 is 1.96 bits per heavy atom. The van der Waals surface area contributed by atoms with E-state index in [-0.39, 0.29) is 5.92 Å². The molecule has 1 fully saturated rings. The molecule has 0 aliphatic carbocycles. The molecule has 0 radical (unpaired) electrons. The third kappa shape index (κ3) is 6.73. The number of aliphatic imine (C=N–C) groups is 1. The van der Waals surface area contributed by atoms with Crippen LogP contribution in [0.25, 0.3) is 0 Å². The molecule has 1 heterocycles. The second-order valence-electron chi connectivity index (χ2n) is 7.44. The Bertz CT molecular complexity index is 635. The summed E-state index contributed by atoms with van der Waals surface area (Å²) >= 11 is 0. The minimum Gasteiger partial charge on any atom is -0.508 e. The Morgan fingerprint density at radius 1 is 1.25 bits per heavy atom. The van der Waals surface area contributed by atoms with E-state index in [0.717, 1.165) is 63.3 Å². The van der Waals surface area contributed by atoms with Crippen LogP contribution in [0.3, 0.4) is 0 Å². The lowest BCUT2D eigenvalue weighted by Gasteiger charge is -2.34. The molecule has 1 aliphatic heterocycles. The molecule has 6 nitrogen and oxygen atoms in total. The average Bonchev–Trinajstić information content (AvgIpc) is 2.69. The van der Waals surface area contributed by atoms with Crippen LogP contribution in [0.15, 0.2) is 29.3 Å². The number of likely N-dealkylation sites (tertiary alicyclic amines) is 1. The molecule has 0 saturated carbocycles. The van der Waals surface area contributed by atoms with Crippen molar-refractivity contribution in [2.75, 3.05) is 26.2 Å². The van der Waals surface area contributed by atoms with E-state index >= 15 is 0 Å². The van der Waals surface area contributed by atoms with Gasteiger partial charge in [0.05, 0.1) is 0 Å². The van der Waals surface area contributed by atoms with Gasteiger partial charge < -0.3 is 20.6 Å². The number of benzene rings is 1. The van der Waals surface area contributed by atoms with Crippen molar-refractivity contribution in [2.24, 2.45) is 10.9 Å². The number of amides is 1. The highest BCUT2D eigenvalue weighted by atomic mass is 16.3. The molecule has 0 bridgehead atoms. The first-order chi connectivity index (χ1) is 13.6. The quantitative estimate of drug-likeness (QED) is 0.473. The van der Waals surface area contributed by atoms with E-state index in [0.29, 0.717) is 24.2 Å². The molecule has 1 amide bonds. The first kappa shape index (κ1) is 22.1. The van der Waals surface area contributed by atoms with Crippen molar-refractivity contribution in [3.8, 4) is 5.75 Å². The molecule has 2 rings (SSSR count). The summed E-state index contributed by atoms with van der Waals surface area (Å²) in [6, 6.07) is 7.65. The molecule has 1 aromatic carbocycles. The van der Waals surface area contributed by atoms with Crippen LogP contribution in [-0.4, -0.2) is 54.1 Å². The Kier molecular flexibility index (Phi) is 9.11. The SMILES string of the molecule is CCNC(=NCCc1cccc(O)c1)NC1CCN(C(=O)C(CC)CC)CC1. The maximum absolute atomic E-state index is 12.5. The van der Waals surface area contributed by atoms with Crippen molar-refractivity contribution in [1.29, 1.82) is 0 Å². The van der Waals surface area contributed by atoms with Gasteiger partial charge in [0.1, 0.15) is 5.75 Å². The van der Waals surface area contributed by atoms with Crippen LogP contribution in [0.5, 0.6) is 5.75 Å². The van der Waals surface area contributed by atoms with Crippen LogP contribution in [0.4, 0.5) is 0 Å². The van der Waals surface area contributed by atoms with E-state index in [4.69, 9.17) is 0 Å². The highest BCUT2D eigenvalue weighted by Gasteiger charge is 2.26. The van der Waals surface area contributed by atoms with Crippen molar-refractivity contribution in [3.63, 3.8) is 0 Å². The number of phenols is 1. The second kappa shape index (κ2) is 11.6. The smallest absolute Gasteiger partial charge is 0.225 e. The van der Waals surface area contributed by atoms with Gasteiger partial charge in [0.15, 0.2) is 5.96 Å². The van der Waals surface area contributed by atoms with E-state index in [1.54, 1.807) is 12.1 Å². The number of aromatic hydroxyl groups is 1. The van der Waals surface area contributed by atoms with Crippen LogP contribution in [-0.2, 0) is 11.2 Å². The largest absolute Gasteiger partial charge is 0.508 e. The number of carbonyl (C=O) groups is 1. The number of carbonyl (C=O) groups excluding carboxylic acids is 1. The fourth-order valence-electron chi connectivity index (χ4n) is 3.66. The molecule has 156 valence electrons. The van der Waals surface area contributed by atoms with E-state index in [2.05, 4.69) is 36.4 Å². The monoisotopic (exact) mass is 388 g/mol. The standard InChI is InChI=1S/C22H36N4O2/c1-4-18(5-2)21(28)26-14-11-19(12-15-26)25-22(23-6-3)24-13-10-17-8-7-9-20(27)16-17/h7-9,16,18-19,27H,4-6,10-15H2,1-3H3,(H2,23,24,25). The lowest BCUT2D eigenvalue weighted by molar-refractivity contribution is -0.136. The molecule has 6 heteroatoms. The normalized spacial score (nSPS) is 15.7. The van der Waals surface area contributed by atoms with Gasteiger partial charge in [0.25, 0.3) is 0 Å². The van der Waals surface area contributed by atoms with Crippen LogP contribution in [0.2, 0.25) is 0 Å². The predicted octanol–water partition coefficient (Wildman–Crippen LogP) is 2.92. The molecule has 0 spiro atoms. The number of piperidine rings is 1. The third-order valence-corrected chi connectivity index (χ3v) is 5.41. The minimum absolute atomic E-state index is 0.167. The van der Waals surface area contributed by atoms with Crippen molar-refractivity contribution in [3.05, 3.63) is 29.8 Å². The molecule has 1 saturated heterocycles. The fourth-order valence-corrected chi connectivity index (χ4v) is 3.66. The summed E-state index contributed by atoms with van der Waals surface area (Å²) in [5, 5.41) is 16.4. The average molecular weight is 389 g/mol. The van der Waals surface area contributed by atoms with Gasteiger partial charge in [0, 0.05) is 38.1 Å². The predicted molar refractivity (Wildman–Crippen MR) is 115 cm³/mol. The third-order valence-electron chi connectivity index (χ3n) is 5.41. The summed E-state index contributed by atoms with van der Waals surface area (Å²) in [4.78, 5) is 19.2. The topological polar surface area (TPSA) is 77.0 Å². The molecule has 3 N–H and O–H groups in total. The maximum Gasteiger partial charge on any atom is 0.225 e.